The van der Waals surface area contributed by atoms with Gasteiger partial charge >= 0.3 is 0 Å². The first-order valence-corrected chi connectivity index (χ1v) is 4.60. The lowest BCUT2D eigenvalue weighted by Crippen LogP contribution is -2.46. The third-order valence-corrected chi connectivity index (χ3v) is 2.99. The Balaban J connectivity index is 1.98. The lowest BCUT2D eigenvalue weighted by Gasteiger charge is -2.38. The van der Waals surface area contributed by atoms with Crippen molar-refractivity contribution in [2.24, 2.45) is 5.92 Å². The summed E-state index contributed by atoms with van der Waals surface area (Å²) in [7, 11) is 0. The zero-order valence-corrected chi connectivity index (χ0v) is 6.77. The van der Waals surface area contributed by atoms with Crippen LogP contribution in [0.1, 0.15) is 39.0 Å². The summed E-state index contributed by atoms with van der Waals surface area (Å²) in [5.74, 6) is 1.06. The van der Waals surface area contributed by atoms with E-state index in [-0.39, 0.29) is 0 Å². The summed E-state index contributed by atoms with van der Waals surface area (Å²) in [5, 5.41) is 3.65. The molecule has 1 heteroatoms. The fraction of sp³-hybridized carbons (Fsp3) is 1.00. The fourth-order valence-corrected chi connectivity index (χ4v) is 2.63. The van der Waals surface area contributed by atoms with Gasteiger partial charge in [-0.25, -0.2) is 0 Å². The predicted octanol–water partition coefficient (Wildman–Crippen LogP) is 1.93. The summed E-state index contributed by atoms with van der Waals surface area (Å²) in [6.07, 6.45) is 7.29. The smallest absolute Gasteiger partial charge is 0.00721 e. The van der Waals surface area contributed by atoms with Crippen LogP contribution in [0, 0.1) is 5.92 Å². The number of nitrogens with one attached hydrogen (secondary N) is 1. The molecule has 0 aromatic heterocycles. The van der Waals surface area contributed by atoms with Gasteiger partial charge in [0.05, 0.1) is 0 Å². The second-order valence-corrected chi connectivity index (χ2v) is 4.03. The molecule has 10 heavy (non-hydrogen) atoms. The molecule has 1 aliphatic heterocycles. The number of piperidine rings is 1. The summed E-state index contributed by atoms with van der Waals surface area (Å²) in [5.41, 5.74) is 0. The van der Waals surface area contributed by atoms with E-state index in [9.17, 15) is 0 Å². The molecule has 2 bridgehead atoms. The molecular formula is C9H17N. The van der Waals surface area contributed by atoms with Crippen LogP contribution in [0.25, 0.3) is 0 Å². The van der Waals surface area contributed by atoms with Crippen LogP contribution >= 0.6 is 0 Å². The molecule has 1 N–H and O–H groups in total. The van der Waals surface area contributed by atoms with E-state index in [0.29, 0.717) is 0 Å². The molecule has 3 unspecified atom stereocenters. The largest absolute Gasteiger partial charge is 0.311 e. The summed E-state index contributed by atoms with van der Waals surface area (Å²) in [4.78, 5) is 0. The molecule has 1 saturated carbocycles. The third-order valence-electron chi connectivity index (χ3n) is 2.99. The molecule has 0 spiro atoms. The van der Waals surface area contributed by atoms with E-state index >= 15 is 0 Å². The Morgan fingerprint density at radius 1 is 1.20 bits per heavy atom. The highest BCUT2D eigenvalue weighted by Gasteiger charge is 2.28. The van der Waals surface area contributed by atoms with Crippen LogP contribution in [0.4, 0.5) is 0 Å². The first-order valence-electron chi connectivity index (χ1n) is 4.60. The van der Waals surface area contributed by atoms with Gasteiger partial charge in [-0.3, -0.25) is 0 Å². The van der Waals surface area contributed by atoms with Crippen molar-refractivity contribution in [2.45, 2.75) is 51.1 Å². The van der Waals surface area contributed by atoms with Gasteiger partial charge in [0.1, 0.15) is 0 Å². The molecule has 3 atom stereocenters. The number of hydrogen-bond acceptors (Lipinski definition) is 1. The van der Waals surface area contributed by atoms with Gasteiger partial charge in [-0.1, -0.05) is 12.8 Å². The van der Waals surface area contributed by atoms with Gasteiger partial charge in [0.25, 0.3) is 0 Å². The second-order valence-electron chi connectivity index (χ2n) is 4.03. The average molecular weight is 139 g/mol. The molecule has 1 heterocycles. The van der Waals surface area contributed by atoms with Crippen molar-refractivity contribution in [3.63, 3.8) is 0 Å². The van der Waals surface area contributed by atoms with Crippen molar-refractivity contribution in [3.05, 3.63) is 0 Å². The lowest BCUT2D eigenvalue weighted by molar-refractivity contribution is 0.188. The van der Waals surface area contributed by atoms with Crippen molar-refractivity contribution in [2.75, 3.05) is 0 Å². The molecule has 1 saturated heterocycles. The molecule has 0 amide bonds. The Morgan fingerprint density at radius 3 is 2.90 bits per heavy atom. The van der Waals surface area contributed by atoms with Crippen LogP contribution in [0.2, 0.25) is 0 Å². The zero-order chi connectivity index (χ0) is 6.97. The average Bonchev–Trinajstić information content (AvgIpc) is 1.85. The highest BCUT2D eigenvalue weighted by Crippen LogP contribution is 2.31. The van der Waals surface area contributed by atoms with E-state index in [2.05, 4.69) is 12.2 Å². The highest BCUT2D eigenvalue weighted by molar-refractivity contribution is 4.86. The molecule has 1 nitrogen and oxygen atoms in total. The zero-order valence-electron chi connectivity index (χ0n) is 6.77. The molecule has 0 aromatic carbocycles. The van der Waals surface area contributed by atoms with Crippen molar-refractivity contribution in [1.82, 2.24) is 5.32 Å². The molecule has 2 fully saturated rings. The monoisotopic (exact) mass is 139 g/mol. The number of hydrogen-bond donors (Lipinski definition) is 1. The summed E-state index contributed by atoms with van der Waals surface area (Å²) in [6.45, 7) is 2.32. The Kier molecular flexibility index (Phi) is 1.69. The minimum atomic E-state index is 0.795. The van der Waals surface area contributed by atoms with Crippen LogP contribution in [0.15, 0.2) is 0 Å². The Bertz CT molecular complexity index is 106. The standard InChI is InChI=1S/C9H17N/c1-7-5-8-3-2-4-9(6-8)10-7/h7-10H,2-6H2,1H3. The van der Waals surface area contributed by atoms with E-state index in [4.69, 9.17) is 0 Å². The fourth-order valence-electron chi connectivity index (χ4n) is 2.63. The van der Waals surface area contributed by atoms with Crippen LogP contribution in [-0.2, 0) is 0 Å². The Labute approximate surface area is 63.2 Å². The van der Waals surface area contributed by atoms with Gasteiger partial charge in [-0.2, -0.15) is 0 Å². The molecule has 58 valence electrons. The number of fused-ring (bicyclic) bond motifs is 2. The first kappa shape index (κ1) is 6.66. The van der Waals surface area contributed by atoms with Gasteiger partial charge in [-0.15, -0.1) is 0 Å². The minimum absolute atomic E-state index is 0.795. The normalized spacial score (nSPS) is 47.1. The molecular weight excluding hydrogens is 122 g/mol. The van der Waals surface area contributed by atoms with Crippen LogP contribution < -0.4 is 5.32 Å². The maximum absolute atomic E-state index is 3.65. The second kappa shape index (κ2) is 2.54. The van der Waals surface area contributed by atoms with E-state index < -0.39 is 0 Å². The minimum Gasteiger partial charge on any atom is -0.311 e. The molecule has 0 aromatic rings. The van der Waals surface area contributed by atoms with Gasteiger partial charge in [0.15, 0.2) is 0 Å². The van der Waals surface area contributed by atoms with Gasteiger partial charge in [0.2, 0.25) is 0 Å². The van der Waals surface area contributed by atoms with Crippen LogP contribution in [0.5, 0.6) is 0 Å². The van der Waals surface area contributed by atoms with Crippen molar-refractivity contribution < 1.29 is 0 Å². The highest BCUT2D eigenvalue weighted by atomic mass is 15.0. The van der Waals surface area contributed by atoms with E-state index in [1.165, 1.54) is 32.1 Å². The quantitative estimate of drug-likeness (QED) is 0.540. The van der Waals surface area contributed by atoms with Crippen LogP contribution in [0.3, 0.4) is 0 Å². The lowest BCUT2D eigenvalue weighted by atomic mass is 9.78. The maximum Gasteiger partial charge on any atom is 0.00721 e. The van der Waals surface area contributed by atoms with Gasteiger partial charge in [-0.05, 0) is 32.1 Å². The maximum atomic E-state index is 3.65. The molecule has 2 rings (SSSR count). The topological polar surface area (TPSA) is 12.0 Å². The molecule has 2 aliphatic rings. The summed E-state index contributed by atoms with van der Waals surface area (Å²) in [6, 6.07) is 1.67. The van der Waals surface area contributed by atoms with Crippen molar-refractivity contribution in [3.8, 4) is 0 Å². The van der Waals surface area contributed by atoms with E-state index in [1.807, 2.05) is 0 Å². The summed E-state index contributed by atoms with van der Waals surface area (Å²) >= 11 is 0. The third kappa shape index (κ3) is 1.20. The predicted molar refractivity (Wildman–Crippen MR) is 43.0 cm³/mol. The number of rotatable bonds is 0. The summed E-state index contributed by atoms with van der Waals surface area (Å²) < 4.78 is 0. The first-order chi connectivity index (χ1) is 4.84. The van der Waals surface area contributed by atoms with Crippen LogP contribution in [-0.4, -0.2) is 12.1 Å². The van der Waals surface area contributed by atoms with Crippen molar-refractivity contribution >= 4 is 0 Å². The van der Waals surface area contributed by atoms with E-state index in [0.717, 1.165) is 18.0 Å². The molecule has 1 aliphatic carbocycles. The van der Waals surface area contributed by atoms with E-state index in [1.54, 1.807) is 0 Å². The Morgan fingerprint density at radius 2 is 2.10 bits per heavy atom. The molecule has 0 radical (unpaired) electrons. The Hall–Kier alpha value is -0.0400. The van der Waals surface area contributed by atoms with Gasteiger partial charge < -0.3 is 5.32 Å². The van der Waals surface area contributed by atoms with Crippen molar-refractivity contribution in [1.29, 1.82) is 0 Å². The van der Waals surface area contributed by atoms with Gasteiger partial charge in [0, 0.05) is 12.1 Å². The SMILES string of the molecule is CC1CC2CCCC(C2)N1.